The Labute approximate surface area is 191 Å². The molecule has 0 saturated carbocycles. The van der Waals surface area contributed by atoms with Crippen LogP contribution in [0, 0.1) is 0 Å². The average Bonchev–Trinajstić information content (AvgIpc) is 3.24. The van der Waals surface area contributed by atoms with Gasteiger partial charge in [0.25, 0.3) is 5.91 Å². The van der Waals surface area contributed by atoms with E-state index in [2.05, 4.69) is 17.8 Å². The molecule has 1 saturated heterocycles. The zero-order chi connectivity index (χ0) is 23.4. The first-order valence-corrected chi connectivity index (χ1v) is 12.1. The Hall–Kier alpha value is -3.21. The van der Waals surface area contributed by atoms with Crippen LogP contribution in [0.3, 0.4) is 0 Å². The molecule has 0 aliphatic carbocycles. The van der Waals surface area contributed by atoms with Crippen molar-refractivity contribution in [1.82, 2.24) is 15.2 Å². The number of sulfonamides is 1. The molecule has 0 radical (unpaired) electrons. The quantitative estimate of drug-likeness (QED) is 0.531. The molecule has 0 unspecified atom stereocenters. The van der Waals surface area contributed by atoms with Crippen molar-refractivity contribution < 1.29 is 27.2 Å². The number of hydrogen-bond acceptors (Lipinski definition) is 6. The third-order valence-electron chi connectivity index (χ3n) is 5.50. The van der Waals surface area contributed by atoms with E-state index in [1.54, 1.807) is 0 Å². The lowest BCUT2D eigenvalue weighted by Crippen LogP contribution is -2.42. The number of amides is 2. The van der Waals surface area contributed by atoms with Gasteiger partial charge in [-0.1, -0.05) is 25.1 Å². The summed E-state index contributed by atoms with van der Waals surface area (Å²) in [5, 5.41) is 0.842. The second-order valence-corrected chi connectivity index (χ2v) is 9.61. The minimum atomic E-state index is -3.73. The number of furan rings is 1. The maximum atomic E-state index is 12.8. The highest BCUT2D eigenvalue weighted by atomic mass is 32.2. The summed E-state index contributed by atoms with van der Waals surface area (Å²) in [5.41, 5.74) is 7.38. The van der Waals surface area contributed by atoms with Gasteiger partial charge in [-0.2, -0.15) is 4.31 Å². The predicted molar refractivity (Wildman–Crippen MR) is 121 cm³/mol. The summed E-state index contributed by atoms with van der Waals surface area (Å²) in [7, 11) is -3.73. The van der Waals surface area contributed by atoms with Gasteiger partial charge in [-0.3, -0.25) is 20.4 Å². The van der Waals surface area contributed by atoms with Gasteiger partial charge in [0, 0.05) is 29.6 Å². The molecule has 1 fully saturated rings. The molecular weight excluding hydrogens is 446 g/mol. The van der Waals surface area contributed by atoms with E-state index in [-0.39, 0.29) is 30.0 Å². The summed E-state index contributed by atoms with van der Waals surface area (Å²) in [5.74, 6) is -1.05. The lowest BCUT2D eigenvalue weighted by molar-refractivity contribution is -0.121. The Morgan fingerprint density at radius 2 is 1.85 bits per heavy atom. The van der Waals surface area contributed by atoms with Gasteiger partial charge in [-0.25, -0.2) is 8.42 Å². The molecule has 1 aromatic heterocycles. The van der Waals surface area contributed by atoms with Gasteiger partial charge in [-0.05, 0) is 36.2 Å². The number of hydrogen-bond donors (Lipinski definition) is 2. The number of fused-ring (bicyclic) bond motifs is 1. The zero-order valence-corrected chi connectivity index (χ0v) is 19.0. The first-order chi connectivity index (χ1) is 15.9. The molecule has 2 heterocycles. The molecule has 2 N–H and O–H groups in total. The van der Waals surface area contributed by atoms with Gasteiger partial charge in [0.05, 0.1) is 30.8 Å². The number of nitrogens with one attached hydrogen (secondary N) is 2. The Morgan fingerprint density at radius 3 is 2.61 bits per heavy atom. The fourth-order valence-electron chi connectivity index (χ4n) is 3.63. The molecule has 9 nitrogen and oxygen atoms in total. The van der Waals surface area contributed by atoms with Crippen molar-refractivity contribution in [3.05, 3.63) is 65.4 Å². The second kappa shape index (κ2) is 9.74. The first-order valence-electron chi connectivity index (χ1n) is 10.6. The summed E-state index contributed by atoms with van der Waals surface area (Å²) in [4.78, 5) is 24.9. The monoisotopic (exact) mass is 471 g/mol. The average molecular weight is 472 g/mol. The van der Waals surface area contributed by atoms with E-state index in [4.69, 9.17) is 9.15 Å². The molecular formula is C23H25N3O6S. The van der Waals surface area contributed by atoms with Crippen LogP contribution in [0.2, 0.25) is 0 Å². The van der Waals surface area contributed by atoms with E-state index in [1.165, 1.54) is 34.8 Å². The summed E-state index contributed by atoms with van der Waals surface area (Å²) in [6.45, 7) is 3.23. The van der Waals surface area contributed by atoms with Gasteiger partial charge in [-0.15, -0.1) is 0 Å². The van der Waals surface area contributed by atoms with Crippen LogP contribution in [0.5, 0.6) is 0 Å². The lowest BCUT2D eigenvalue weighted by Gasteiger charge is -2.26. The van der Waals surface area contributed by atoms with E-state index >= 15 is 0 Å². The standard InChI is InChI=1S/C23H25N3O6S/c1-2-16-6-7-20-18(15-32-21(20)12-16)14-22(27)24-25-23(28)17-4-3-5-19(13-17)33(29,30)26-8-10-31-11-9-26/h3-7,12-13,15H,2,8-11,14H2,1H3,(H,24,27)(H,25,28). The zero-order valence-electron chi connectivity index (χ0n) is 18.2. The topological polar surface area (TPSA) is 118 Å². The number of benzene rings is 2. The van der Waals surface area contributed by atoms with Gasteiger partial charge in [0.15, 0.2) is 0 Å². The van der Waals surface area contributed by atoms with Gasteiger partial charge in [0.1, 0.15) is 5.58 Å². The number of rotatable bonds is 6. The van der Waals surface area contributed by atoms with E-state index in [9.17, 15) is 18.0 Å². The summed E-state index contributed by atoms with van der Waals surface area (Å²) in [6, 6.07) is 11.5. The fraction of sp³-hybridized carbons (Fsp3) is 0.304. The van der Waals surface area contributed by atoms with Crippen LogP contribution >= 0.6 is 0 Å². The fourth-order valence-corrected chi connectivity index (χ4v) is 5.09. The van der Waals surface area contributed by atoms with Gasteiger partial charge < -0.3 is 9.15 Å². The summed E-state index contributed by atoms with van der Waals surface area (Å²) < 4.78 is 37.7. The molecule has 1 aliphatic heterocycles. The van der Waals surface area contributed by atoms with Crippen molar-refractivity contribution in [1.29, 1.82) is 0 Å². The molecule has 0 atom stereocenters. The van der Waals surface area contributed by atoms with Crippen LogP contribution in [-0.2, 0) is 32.4 Å². The van der Waals surface area contributed by atoms with Crippen LogP contribution in [0.15, 0.2) is 58.0 Å². The molecule has 1 aliphatic rings. The molecule has 2 amide bonds. The molecule has 174 valence electrons. The van der Waals surface area contributed by atoms with Crippen LogP contribution in [0.25, 0.3) is 11.0 Å². The molecule has 0 bridgehead atoms. The van der Waals surface area contributed by atoms with E-state index in [0.717, 1.165) is 17.4 Å². The Kier molecular flexibility index (Phi) is 6.77. The molecule has 0 spiro atoms. The second-order valence-electron chi connectivity index (χ2n) is 7.67. The minimum absolute atomic E-state index is 0.0136. The van der Waals surface area contributed by atoms with Gasteiger partial charge in [0.2, 0.25) is 15.9 Å². The van der Waals surface area contributed by atoms with Crippen molar-refractivity contribution >= 4 is 32.8 Å². The Morgan fingerprint density at radius 1 is 1.06 bits per heavy atom. The SMILES string of the molecule is CCc1ccc2c(CC(=O)NNC(=O)c3cccc(S(=O)(=O)N4CCOCC4)c3)coc2c1. The highest BCUT2D eigenvalue weighted by Gasteiger charge is 2.27. The van der Waals surface area contributed by atoms with E-state index in [1.807, 2.05) is 18.2 Å². The first kappa shape index (κ1) is 23.0. The Balaban J connectivity index is 1.39. The number of aryl methyl sites for hydroxylation is 1. The highest BCUT2D eigenvalue weighted by molar-refractivity contribution is 7.89. The van der Waals surface area contributed by atoms with Crippen molar-refractivity contribution in [2.75, 3.05) is 26.3 Å². The summed E-state index contributed by atoms with van der Waals surface area (Å²) >= 11 is 0. The van der Waals surface area contributed by atoms with Crippen LogP contribution in [0.1, 0.15) is 28.4 Å². The van der Waals surface area contributed by atoms with E-state index < -0.39 is 21.8 Å². The van der Waals surface area contributed by atoms with E-state index in [0.29, 0.717) is 24.4 Å². The van der Waals surface area contributed by atoms with Crippen LogP contribution < -0.4 is 10.9 Å². The van der Waals surface area contributed by atoms with Crippen molar-refractivity contribution in [3.8, 4) is 0 Å². The molecule has 3 aromatic rings. The summed E-state index contributed by atoms with van der Waals surface area (Å²) in [6.07, 6.45) is 2.43. The third kappa shape index (κ3) is 5.08. The number of carbonyl (C=O) groups excluding carboxylic acids is 2. The predicted octanol–water partition coefficient (Wildman–Crippen LogP) is 2.02. The van der Waals surface area contributed by atoms with Crippen LogP contribution in [0.4, 0.5) is 0 Å². The number of hydrazine groups is 1. The maximum Gasteiger partial charge on any atom is 0.269 e. The number of morpholine rings is 1. The maximum absolute atomic E-state index is 12.8. The highest BCUT2D eigenvalue weighted by Crippen LogP contribution is 2.23. The number of carbonyl (C=O) groups is 2. The van der Waals surface area contributed by atoms with Gasteiger partial charge >= 0.3 is 0 Å². The lowest BCUT2D eigenvalue weighted by atomic mass is 10.1. The molecule has 4 rings (SSSR count). The van der Waals surface area contributed by atoms with Crippen molar-refractivity contribution in [3.63, 3.8) is 0 Å². The Bertz CT molecular complexity index is 1280. The number of ether oxygens (including phenoxy) is 1. The van der Waals surface area contributed by atoms with Crippen molar-refractivity contribution in [2.45, 2.75) is 24.7 Å². The van der Waals surface area contributed by atoms with Crippen molar-refractivity contribution in [2.24, 2.45) is 0 Å². The number of nitrogens with zero attached hydrogens (tertiary/aromatic N) is 1. The van der Waals surface area contributed by atoms with Crippen LogP contribution in [-0.4, -0.2) is 50.8 Å². The molecule has 2 aromatic carbocycles. The largest absolute Gasteiger partial charge is 0.464 e. The normalized spacial score (nSPS) is 14.8. The molecule has 10 heteroatoms. The smallest absolute Gasteiger partial charge is 0.269 e. The minimum Gasteiger partial charge on any atom is -0.464 e. The molecule has 33 heavy (non-hydrogen) atoms. The third-order valence-corrected chi connectivity index (χ3v) is 7.39.